The van der Waals surface area contributed by atoms with Gasteiger partial charge in [0.25, 0.3) is 0 Å². The number of imidazole rings is 2. The molecule has 2 saturated heterocycles. The van der Waals surface area contributed by atoms with E-state index >= 15 is 0 Å². The molecular formula is C44H50N8O6. The highest BCUT2D eigenvalue weighted by atomic mass is 16.5. The Morgan fingerprint density at radius 1 is 0.638 bits per heavy atom. The number of aromatic amines is 2. The van der Waals surface area contributed by atoms with Gasteiger partial charge in [-0.05, 0) is 84.7 Å². The summed E-state index contributed by atoms with van der Waals surface area (Å²) in [5.74, 6) is 8.49. The van der Waals surface area contributed by atoms with Crippen molar-refractivity contribution in [1.82, 2.24) is 40.4 Å². The van der Waals surface area contributed by atoms with Crippen LogP contribution in [0.25, 0.3) is 22.5 Å². The summed E-state index contributed by atoms with van der Waals surface area (Å²) in [5.41, 5.74) is 5.36. The number of carbonyl (C=O) groups excluding carboxylic acids is 4. The number of aromatic nitrogens is 4. The Labute approximate surface area is 337 Å². The number of nitrogens with zero attached hydrogens (tertiary/aromatic N) is 4. The molecule has 2 saturated carbocycles. The molecule has 2 aromatic heterocycles. The molecule has 0 radical (unpaired) electrons. The molecule has 2 aromatic carbocycles. The molecular weight excluding hydrogens is 737 g/mol. The first kappa shape index (κ1) is 38.8. The third-order valence-electron chi connectivity index (χ3n) is 12.1. The number of alkyl carbamates (subject to hydrolysis) is 2. The lowest BCUT2D eigenvalue weighted by Crippen LogP contribution is -2.52. The average Bonchev–Trinajstić information content (AvgIpc) is 3.81. The van der Waals surface area contributed by atoms with Crippen molar-refractivity contribution in [2.45, 2.75) is 89.6 Å². The van der Waals surface area contributed by atoms with Crippen LogP contribution >= 0.6 is 0 Å². The van der Waals surface area contributed by atoms with E-state index in [2.05, 4.69) is 32.4 Å². The minimum atomic E-state index is -0.679. The fraction of sp³-hybridized carbons (Fsp3) is 0.455. The molecule has 0 bridgehead atoms. The van der Waals surface area contributed by atoms with Gasteiger partial charge in [-0.15, -0.1) is 0 Å². The highest BCUT2D eigenvalue weighted by Gasteiger charge is 2.57. The zero-order chi connectivity index (χ0) is 40.8. The lowest BCUT2D eigenvalue weighted by Gasteiger charge is -2.31. The molecule has 8 rings (SSSR count). The van der Waals surface area contributed by atoms with Crippen molar-refractivity contribution in [3.63, 3.8) is 0 Å². The molecule has 2 aliphatic heterocycles. The Balaban J connectivity index is 0.903. The molecule has 14 heteroatoms. The van der Waals surface area contributed by atoms with Gasteiger partial charge in [-0.1, -0.05) is 63.8 Å². The highest BCUT2D eigenvalue weighted by molar-refractivity contribution is 5.88. The zero-order valence-corrected chi connectivity index (χ0v) is 33.6. The van der Waals surface area contributed by atoms with Crippen molar-refractivity contribution in [2.75, 3.05) is 14.2 Å². The van der Waals surface area contributed by atoms with Crippen LogP contribution in [-0.4, -0.2) is 92.1 Å². The smallest absolute Gasteiger partial charge is 0.407 e. The minimum Gasteiger partial charge on any atom is -0.453 e. The molecule has 4 aliphatic rings. The van der Waals surface area contributed by atoms with Crippen LogP contribution in [0.4, 0.5) is 9.59 Å². The first-order chi connectivity index (χ1) is 27.9. The first-order valence-corrected chi connectivity index (χ1v) is 20.1. The monoisotopic (exact) mass is 786 g/mol. The maximum Gasteiger partial charge on any atom is 0.407 e. The number of carbonyl (C=O) groups is 4. The van der Waals surface area contributed by atoms with Crippen LogP contribution in [0.5, 0.6) is 0 Å². The summed E-state index contributed by atoms with van der Waals surface area (Å²) in [6.07, 6.45) is 6.00. The number of methoxy groups -OCH3 is 2. The Morgan fingerprint density at radius 2 is 1.02 bits per heavy atom. The zero-order valence-electron chi connectivity index (χ0n) is 33.6. The van der Waals surface area contributed by atoms with Gasteiger partial charge in [-0.25, -0.2) is 19.6 Å². The second kappa shape index (κ2) is 15.7. The predicted octanol–water partition coefficient (Wildman–Crippen LogP) is 5.95. The van der Waals surface area contributed by atoms with Crippen molar-refractivity contribution in [3.8, 4) is 34.4 Å². The molecule has 58 heavy (non-hydrogen) atoms. The van der Waals surface area contributed by atoms with Crippen LogP contribution in [0.2, 0.25) is 0 Å². The van der Waals surface area contributed by atoms with E-state index in [9.17, 15) is 19.2 Å². The SMILES string of the molecule is COC(=O)N[C@H](C(=O)N1C2C[C@@H]2C[C@H]1c1ncc(-c2ccc(C#Cc3ccc(-c4cnc([C@@H]5C[C@H]6C[C@H]6N5C(=O)[C@@H](NC(=O)OC)C(C)C)[nH]4)cc3)cc2)[nH]1)C(C)C. The maximum absolute atomic E-state index is 13.7. The van der Waals surface area contributed by atoms with Crippen LogP contribution in [0.3, 0.4) is 0 Å². The lowest BCUT2D eigenvalue weighted by molar-refractivity contribution is -0.137. The number of nitrogens with one attached hydrogen (secondary N) is 4. The topological polar surface area (TPSA) is 175 Å². The molecule has 1 unspecified atom stereocenters. The van der Waals surface area contributed by atoms with Gasteiger partial charge in [-0.2, -0.15) is 0 Å². The number of fused-ring (bicyclic) bond motifs is 2. The molecule has 2 aliphatic carbocycles. The van der Waals surface area contributed by atoms with Crippen molar-refractivity contribution in [3.05, 3.63) is 83.7 Å². The van der Waals surface area contributed by atoms with E-state index < -0.39 is 24.3 Å². The second-order valence-corrected chi connectivity index (χ2v) is 16.6. The summed E-state index contributed by atoms with van der Waals surface area (Å²) in [7, 11) is 2.59. The molecule has 4 N–H and O–H groups in total. The van der Waals surface area contributed by atoms with Crippen molar-refractivity contribution in [2.24, 2.45) is 23.7 Å². The van der Waals surface area contributed by atoms with Crippen molar-refractivity contribution >= 4 is 24.0 Å². The van der Waals surface area contributed by atoms with Crippen molar-refractivity contribution < 1.29 is 28.7 Å². The molecule has 4 aromatic rings. The summed E-state index contributed by atoms with van der Waals surface area (Å²) in [4.78, 5) is 71.7. The van der Waals surface area contributed by atoms with Gasteiger partial charge >= 0.3 is 12.2 Å². The van der Waals surface area contributed by atoms with Gasteiger partial charge in [0.1, 0.15) is 23.7 Å². The molecule has 4 fully saturated rings. The largest absolute Gasteiger partial charge is 0.453 e. The summed E-state index contributed by atoms with van der Waals surface area (Å²) < 4.78 is 9.57. The van der Waals surface area contributed by atoms with Crippen LogP contribution in [0.1, 0.15) is 88.2 Å². The highest BCUT2D eigenvalue weighted by Crippen LogP contribution is 2.54. The van der Waals surface area contributed by atoms with E-state index in [1.807, 2.05) is 86.0 Å². The van der Waals surface area contributed by atoms with Gasteiger partial charge in [0.05, 0.1) is 50.1 Å². The predicted molar refractivity (Wildman–Crippen MR) is 215 cm³/mol. The second-order valence-electron chi connectivity index (χ2n) is 16.6. The molecule has 302 valence electrons. The van der Waals surface area contributed by atoms with Crippen LogP contribution < -0.4 is 10.6 Å². The standard InChI is InChI=1S/C44H50N8O6/c1-23(2)37(49-43(55)57-5)41(53)51-33-17-29(33)19-35(51)39-45-21-31(47-39)27-13-9-25(10-14-27)7-8-26-11-15-28(16-12-26)32-22-46-40(48-32)36-20-30-18-34(30)52(36)42(54)38(24(3)4)50-44(56)58-6/h9-16,21-24,29-30,33-38H,17-20H2,1-6H3,(H,45,47)(H,46,48)(H,49,55)(H,50,56)/t29-,30-,33-,34?,35+,36+,37+,38+/m1/s1. The van der Waals surface area contributed by atoms with Gasteiger partial charge in [0, 0.05) is 23.2 Å². The van der Waals surface area contributed by atoms with E-state index in [0.29, 0.717) is 11.8 Å². The Morgan fingerprint density at radius 3 is 1.36 bits per heavy atom. The van der Waals surface area contributed by atoms with E-state index in [1.54, 1.807) is 12.4 Å². The number of ether oxygens (including phenoxy) is 2. The fourth-order valence-corrected chi connectivity index (χ4v) is 8.67. The van der Waals surface area contributed by atoms with Gasteiger partial charge in [0.2, 0.25) is 11.8 Å². The number of hydrogen-bond acceptors (Lipinski definition) is 8. The average molecular weight is 787 g/mol. The van der Waals surface area contributed by atoms with Crippen molar-refractivity contribution in [1.29, 1.82) is 0 Å². The van der Waals surface area contributed by atoms with E-state index in [4.69, 9.17) is 19.4 Å². The third-order valence-corrected chi connectivity index (χ3v) is 12.1. The summed E-state index contributed by atoms with van der Waals surface area (Å²) in [6.45, 7) is 7.66. The molecule has 0 spiro atoms. The fourth-order valence-electron chi connectivity index (χ4n) is 8.67. The lowest BCUT2D eigenvalue weighted by atomic mass is 10.0. The number of amides is 4. The van der Waals surface area contributed by atoms with Gasteiger partial charge in [0.15, 0.2) is 0 Å². The van der Waals surface area contributed by atoms with Crippen LogP contribution in [-0.2, 0) is 19.1 Å². The van der Waals surface area contributed by atoms with Crippen LogP contribution in [0, 0.1) is 35.5 Å². The molecule has 14 nitrogen and oxygen atoms in total. The number of hydrogen-bond donors (Lipinski definition) is 4. The Hall–Kier alpha value is -6.10. The number of piperidine rings is 2. The van der Waals surface area contributed by atoms with E-state index in [1.165, 1.54) is 14.2 Å². The minimum absolute atomic E-state index is 0.0994. The number of H-pyrrole nitrogens is 2. The van der Waals surface area contributed by atoms with E-state index in [-0.39, 0.29) is 47.8 Å². The van der Waals surface area contributed by atoms with E-state index in [0.717, 1.165) is 71.0 Å². The summed E-state index contributed by atoms with van der Waals surface area (Å²) in [6, 6.07) is 14.5. The van der Waals surface area contributed by atoms with Gasteiger partial charge in [-0.3, -0.25) is 9.59 Å². The van der Waals surface area contributed by atoms with Gasteiger partial charge < -0.3 is 39.9 Å². The first-order valence-electron chi connectivity index (χ1n) is 20.1. The third kappa shape index (κ3) is 7.65. The molecule has 4 heterocycles. The summed E-state index contributed by atoms with van der Waals surface area (Å²) >= 11 is 0. The number of likely N-dealkylation sites (tertiary alicyclic amines) is 2. The van der Waals surface area contributed by atoms with Crippen LogP contribution in [0.15, 0.2) is 60.9 Å². The molecule has 4 amide bonds. The quantitative estimate of drug-likeness (QED) is 0.143. The Bertz CT molecular complexity index is 2100. The number of rotatable bonds is 10. The maximum atomic E-state index is 13.7. The normalized spacial score (nSPS) is 23.7. The molecule has 8 atom stereocenters. The Kier molecular flexibility index (Phi) is 10.5. The summed E-state index contributed by atoms with van der Waals surface area (Å²) in [5, 5.41) is 5.45. The number of benzene rings is 2.